The highest BCUT2D eigenvalue weighted by Crippen LogP contribution is 2.62. The molecular weight excluding hydrogens is 541 g/mol. The first-order chi connectivity index (χ1) is 18.0. The predicted molar refractivity (Wildman–Crippen MR) is 135 cm³/mol. The summed E-state index contributed by atoms with van der Waals surface area (Å²) in [6, 6.07) is 0. The molecule has 39 heavy (non-hydrogen) atoms. The Kier molecular flexibility index (Phi) is 8.95. The average Bonchev–Trinajstić information content (AvgIpc) is 3.10. The van der Waals surface area contributed by atoms with Gasteiger partial charge in [-0.25, -0.2) is 19.5 Å². The van der Waals surface area contributed by atoms with Crippen LogP contribution >= 0.6 is 7.60 Å². The minimum absolute atomic E-state index is 0.0471. The van der Waals surface area contributed by atoms with Crippen molar-refractivity contribution in [3.8, 4) is 0 Å². The van der Waals surface area contributed by atoms with Crippen LogP contribution in [0.15, 0.2) is 11.1 Å². The molecule has 1 saturated carbocycles. The second-order valence-corrected chi connectivity index (χ2v) is 12.4. The number of carbonyl (C=O) groups is 2. The number of imidazole rings is 1. The van der Waals surface area contributed by atoms with E-state index in [9.17, 15) is 23.8 Å². The van der Waals surface area contributed by atoms with E-state index in [-0.39, 0.29) is 23.7 Å². The third-order valence-corrected chi connectivity index (χ3v) is 7.48. The smallest absolute Gasteiger partial charge is 0.433 e. The summed E-state index contributed by atoms with van der Waals surface area (Å²) in [5.41, 5.74) is 2.20. The number of aromatic nitrogens is 4. The highest BCUT2D eigenvalue weighted by Gasteiger charge is 2.65. The fourth-order valence-corrected chi connectivity index (χ4v) is 4.57. The van der Waals surface area contributed by atoms with Gasteiger partial charge in [-0.2, -0.15) is 4.98 Å². The molecule has 0 amide bonds. The van der Waals surface area contributed by atoms with Crippen LogP contribution in [0.2, 0.25) is 0 Å². The molecule has 1 aliphatic carbocycles. The minimum Gasteiger partial charge on any atom is -0.433 e. The van der Waals surface area contributed by atoms with Gasteiger partial charge in [0.2, 0.25) is 5.95 Å². The zero-order valence-corrected chi connectivity index (χ0v) is 23.4. The normalized spacial score (nSPS) is 19.7. The second kappa shape index (κ2) is 11.5. The molecule has 17 heteroatoms. The lowest BCUT2D eigenvalue weighted by Gasteiger charge is -2.25. The van der Waals surface area contributed by atoms with Gasteiger partial charge in [0, 0.05) is 5.41 Å². The lowest BCUT2D eigenvalue weighted by atomic mass is 10.1. The summed E-state index contributed by atoms with van der Waals surface area (Å²) >= 11 is 0. The van der Waals surface area contributed by atoms with Crippen LogP contribution in [-0.4, -0.2) is 73.4 Å². The van der Waals surface area contributed by atoms with Crippen molar-refractivity contribution in [1.82, 2.24) is 19.5 Å². The molecule has 1 aliphatic rings. The van der Waals surface area contributed by atoms with E-state index in [0.717, 1.165) is 0 Å². The highest BCUT2D eigenvalue weighted by atomic mass is 31.2. The standard InChI is InChI=1S/C22H34N5O11P/c1-12(2)35-19(29)33-7-14(8-34-20(30)36-13(3)4)39(31,32)38-37-22(9-21(22,5)6)10-27-11-24-15-16(27)25-18(23)26-17(15)28/h11-14H,7-10H2,1-6H3,(H,31,32)(H3,23,25,26,28). The lowest BCUT2D eigenvalue weighted by Crippen LogP contribution is -2.31. The summed E-state index contributed by atoms with van der Waals surface area (Å²) in [6.07, 6.45) is -1.40. The van der Waals surface area contributed by atoms with Crippen molar-refractivity contribution in [3.05, 3.63) is 16.7 Å². The molecule has 2 unspecified atom stereocenters. The molecule has 2 heterocycles. The van der Waals surface area contributed by atoms with Gasteiger partial charge in [-0.1, -0.05) is 13.8 Å². The number of nitrogens with two attached hydrogens (primary N) is 1. The van der Waals surface area contributed by atoms with Crippen molar-refractivity contribution >= 4 is 37.0 Å². The van der Waals surface area contributed by atoms with Crippen molar-refractivity contribution in [2.24, 2.45) is 5.41 Å². The Bertz CT molecular complexity index is 1280. The first-order valence-corrected chi connectivity index (χ1v) is 13.8. The van der Waals surface area contributed by atoms with Gasteiger partial charge >= 0.3 is 19.9 Å². The van der Waals surface area contributed by atoms with Gasteiger partial charge in [-0.05, 0) is 34.1 Å². The average molecular weight is 576 g/mol. The van der Waals surface area contributed by atoms with E-state index in [4.69, 9.17) is 34.2 Å². The summed E-state index contributed by atoms with van der Waals surface area (Å²) in [5.74, 6) is -0.106. The molecule has 0 saturated heterocycles. The molecule has 0 aliphatic heterocycles. The highest BCUT2D eigenvalue weighted by molar-refractivity contribution is 7.53. The predicted octanol–water partition coefficient (Wildman–Crippen LogP) is 2.50. The minimum atomic E-state index is -4.75. The SMILES string of the molecule is CC(C)OC(=O)OCC(COC(=O)OC(C)C)P(=O)(O)OOC1(Cn2cnc3c(=O)[nH]c(N)nc32)CC1(C)C. The number of rotatable bonds is 12. The van der Waals surface area contributed by atoms with Gasteiger partial charge < -0.3 is 34.1 Å². The number of aromatic amines is 1. The third-order valence-electron chi connectivity index (χ3n) is 5.97. The van der Waals surface area contributed by atoms with Crippen molar-refractivity contribution < 1.29 is 47.6 Å². The zero-order chi connectivity index (χ0) is 29.2. The molecule has 0 radical (unpaired) electrons. The van der Waals surface area contributed by atoms with Gasteiger partial charge in [-0.15, -0.1) is 4.67 Å². The number of nitrogens with zero attached hydrogens (tertiary/aromatic N) is 3. The molecule has 2 atom stereocenters. The van der Waals surface area contributed by atoms with Gasteiger partial charge in [0.25, 0.3) is 5.56 Å². The molecule has 218 valence electrons. The fraction of sp³-hybridized carbons (Fsp3) is 0.682. The molecule has 16 nitrogen and oxygen atoms in total. The molecular formula is C22H34N5O11P. The largest absolute Gasteiger partial charge is 0.508 e. The molecule has 0 bridgehead atoms. The maximum Gasteiger partial charge on any atom is 0.508 e. The Balaban J connectivity index is 1.76. The third kappa shape index (κ3) is 7.47. The van der Waals surface area contributed by atoms with E-state index in [0.29, 0.717) is 6.42 Å². The Morgan fingerprint density at radius 1 is 1.15 bits per heavy atom. The summed E-state index contributed by atoms with van der Waals surface area (Å²) in [4.78, 5) is 62.7. The quantitative estimate of drug-likeness (QED) is 0.143. The first-order valence-electron chi connectivity index (χ1n) is 12.1. The zero-order valence-electron chi connectivity index (χ0n) is 22.5. The number of fused-ring (bicyclic) bond motifs is 1. The maximum absolute atomic E-state index is 13.2. The van der Waals surface area contributed by atoms with Crippen molar-refractivity contribution in [3.63, 3.8) is 0 Å². The number of hydrogen-bond donors (Lipinski definition) is 3. The van der Waals surface area contributed by atoms with Crippen LogP contribution < -0.4 is 11.3 Å². The number of nitrogen functional groups attached to an aromatic ring is 1. The number of H-pyrrole nitrogens is 1. The number of anilines is 1. The second-order valence-electron chi connectivity index (χ2n) is 10.4. The number of nitrogens with one attached hydrogen (secondary N) is 1. The van der Waals surface area contributed by atoms with Crippen LogP contribution in [0.3, 0.4) is 0 Å². The van der Waals surface area contributed by atoms with E-state index >= 15 is 0 Å². The van der Waals surface area contributed by atoms with E-state index in [2.05, 4.69) is 15.0 Å². The van der Waals surface area contributed by atoms with E-state index in [1.807, 2.05) is 13.8 Å². The summed E-state index contributed by atoms with van der Waals surface area (Å²) < 4.78 is 39.4. The van der Waals surface area contributed by atoms with Crippen LogP contribution in [0.1, 0.15) is 48.0 Å². The lowest BCUT2D eigenvalue weighted by molar-refractivity contribution is -0.277. The van der Waals surface area contributed by atoms with Crippen LogP contribution in [0, 0.1) is 5.41 Å². The summed E-state index contributed by atoms with van der Waals surface area (Å²) in [6.45, 7) is 8.75. The molecule has 1 fully saturated rings. The maximum atomic E-state index is 13.2. The van der Waals surface area contributed by atoms with Gasteiger partial charge in [0.1, 0.15) is 24.5 Å². The van der Waals surface area contributed by atoms with Crippen LogP contribution in [0.25, 0.3) is 11.2 Å². The van der Waals surface area contributed by atoms with E-state index in [1.165, 1.54) is 10.9 Å². The Morgan fingerprint density at radius 3 is 2.18 bits per heavy atom. The fourth-order valence-electron chi connectivity index (χ4n) is 3.67. The molecule has 2 aromatic rings. The van der Waals surface area contributed by atoms with Crippen LogP contribution in [0.4, 0.5) is 15.5 Å². The van der Waals surface area contributed by atoms with Gasteiger partial charge in [0.15, 0.2) is 11.2 Å². The number of ether oxygens (including phenoxy) is 4. The Hall–Kier alpha value is -3.20. The molecule has 3 rings (SSSR count). The molecule has 2 aromatic heterocycles. The van der Waals surface area contributed by atoms with Gasteiger partial charge in [-0.3, -0.25) is 14.3 Å². The summed E-state index contributed by atoms with van der Waals surface area (Å²) in [5, 5.41) is 0. The van der Waals surface area contributed by atoms with Crippen LogP contribution in [-0.2, 0) is 39.6 Å². The molecule has 0 aromatic carbocycles. The molecule has 4 N–H and O–H groups in total. The molecule has 0 spiro atoms. The van der Waals surface area contributed by atoms with Gasteiger partial charge in [0.05, 0.1) is 25.1 Å². The first kappa shape index (κ1) is 30.3. The number of hydrogen-bond acceptors (Lipinski definition) is 13. The topological polar surface area (TPSA) is 216 Å². The van der Waals surface area contributed by atoms with Crippen molar-refractivity contribution in [2.75, 3.05) is 18.9 Å². The van der Waals surface area contributed by atoms with E-state index in [1.54, 1.807) is 27.7 Å². The monoisotopic (exact) mass is 575 g/mol. The van der Waals surface area contributed by atoms with E-state index < -0.39 is 67.6 Å². The Labute approximate surface area is 223 Å². The summed E-state index contributed by atoms with van der Waals surface area (Å²) in [7, 11) is -4.75. The Morgan fingerprint density at radius 2 is 1.69 bits per heavy atom. The van der Waals surface area contributed by atoms with Crippen molar-refractivity contribution in [2.45, 2.75) is 78.0 Å². The number of carbonyl (C=O) groups excluding carboxylic acids is 2. The van der Waals surface area contributed by atoms with Crippen LogP contribution in [0.5, 0.6) is 0 Å². The van der Waals surface area contributed by atoms with Crippen molar-refractivity contribution in [1.29, 1.82) is 0 Å².